The van der Waals surface area contributed by atoms with E-state index in [1.165, 1.54) is 44.9 Å². The topological polar surface area (TPSA) is 44.4 Å². The average molecular weight is 253 g/mol. The molecule has 1 amide bonds. The molecule has 2 saturated heterocycles. The summed E-state index contributed by atoms with van der Waals surface area (Å²) in [4.78, 5) is 14.2. The molecule has 1 atom stereocenters. The molecule has 0 bridgehead atoms. The van der Waals surface area contributed by atoms with Crippen molar-refractivity contribution in [1.82, 2.24) is 15.5 Å². The van der Waals surface area contributed by atoms with Gasteiger partial charge in [-0.2, -0.15) is 0 Å². The van der Waals surface area contributed by atoms with E-state index in [2.05, 4.69) is 15.5 Å². The maximum atomic E-state index is 11.9. The largest absolute Gasteiger partial charge is 0.353 e. The van der Waals surface area contributed by atoms with E-state index in [1.54, 1.807) is 0 Å². The normalized spacial score (nSPS) is 26.6. The van der Waals surface area contributed by atoms with Gasteiger partial charge in [0, 0.05) is 12.6 Å². The van der Waals surface area contributed by atoms with Crippen LogP contribution in [0.2, 0.25) is 0 Å². The van der Waals surface area contributed by atoms with Crippen LogP contribution in [0.25, 0.3) is 0 Å². The van der Waals surface area contributed by atoms with Crippen molar-refractivity contribution in [3.63, 3.8) is 0 Å². The molecular weight excluding hydrogens is 226 g/mol. The monoisotopic (exact) mass is 253 g/mol. The van der Waals surface area contributed by atoms with Crippen LogP contribution in [0.1, 0.15) is 44.9 Å². The minimum atomic E-state index is 0.198. The van der Waals surface area contributed by atoms with Crippen LogP contribution in [0.15, 0.2) is 0 Å². The van der Waals surface area contributed by atoms with Crippen LogP contribution in [0.3, 0.4) is 0 Å². The van der Waals surface area contributed by atoms with Gasteiger partial charge in [-0.15, -0.1) is 0 Å². The summed E-state index contributed by atoms with van der Waals surface area (Å²) in [5.41, 5.74) is 0. The van der Waals surface area contributed by atoms with Crippen molar-refractivity contribution in [2.75, 3.05) is 32.7 Å². The fourth-order valence-electron chi connectivity index (χ4n) is 2.90. The van der Waals surface area contributed by atoms with E-state index in [0.717, 1.165) is 26.2 Å². The van der Waals surface area contributed by atoms with Crippen molar-refractivity contribution < 1.29 is 4.79 Å². The minimum absolute atomic E-state index is 0.198. The van der Waals surface area contributed by atoms with Gasteiger partial charge >= 0.3 is 0 Å². The van der Waals surface area contributed by atoms with Crippen LogP contribution in [-0.2, 0) is 4.79 Å². The Bertz CT molecular complexity index is 243. The molecule has 0 saturated carbocycles. The molecule has 0 radical (unpaired) electrons. The standard InChI is InChI=1S/C14H27N3O/c18-14(16-11-13-7-6-8-15-13)12-17-9-4-2-1-3-5-10-17/h13,15H,1-12H2,(H,16,18)/t13-/m0/s1. The van der Waals surface area contributed by atoms with Gasteiger partial charge in [0.25, 0.3) is 0 Å². The van der Waals surface area contributed by atoms with Crippen LogP contribution >= 0.6 is 0 Å². The van der Waals surface area contributed by atoms with Gasteiger partial charge in [-0.1, -0.05) is 19.3 Å². The van der Waals surface area contributed by atoms with Crippen LogP contribution in [-0.4, -0.2) is 49.6 Å². The fourth-order valence-corrected chi connectivity index (χ4v) is 2.90. The Kier molecular flexibility index (Phi) is 5.94. The van der Waals surface area contributed by atoms with Gasteiger partial charge in [0.2, 0.25) is 5.91 Å². The molecule has 2 fully saturated rings. The second kappa shape index (κ2) is 7.74. The lowest BCUT2D eigenvalue weighted by Crippen LogP contribution is -2.43. The van der Waals surface area contributed by atoms with E-state index in [0.29, 0.717) is 12.6 Å². The molecule has 4 nitrogen and oxygen atoms in total. The van der Waals surface area contributed by atoms with Gasteiger partial charge in [0.15, 0.2) is 0 Å². The Balaban J connectivity index is 1.62. The number of nitrogens with zero attached hydrogens (tertiary/aromatic N) is 1. The highest BCUT2D eigenvalue weighted by molar-refractivity contribution is 5.78. The smallest absolute Gasteiger partial charge is 0.234 e. The van der Waals surface area contributed by atoms with Gasteiger partial charge in [-0.3, -0.25) is 9.69 Å². The van der Waals surface area contributed by atoms with Gasteiger partial charge in [0.1, 0.15) is 0 Å². The van der Waals surface area contributed by atoms with Crippen molar-refractivity contribution in [1.29, 1.82) is 0 Å². The molecule has 2 aliphatic heterocycles. The number of carbonyl (C=O) groups is 1. The molecule has 0 aromatic heterocycles. The number of rotatable bonds is 4. The number of carbonyl (C=O) groups excluding carboxylic acids is 1. The summed E-state index contributed by atoms with van der Waals surface area (Å²) in [6.45, 7) is 4.68. The lowest BCUT2D eigenvalue weighted by Gasteiger charge is -2.24. The SMILES string of the molecule is O=C(CN1CCCCCCC1)NC[C@@H]1CCCN1. The van der Waals surface area contributed by atoms with E-state index in [9.17, 15) is 4.79 Å². The van der Waals surface area contributed by atoms with Crippen LogP contribution in [0.5, 0.6) is 0 Å². The molecule has 18 heavy (non-hydrogen) atoms. The summed E-state index contributed by atoms with van der Waals surface area (Å²) in [5, 5.41) is 6.47. The molecule has 2 N–H and O–H groups in total. The second-order valence-corrected chi connectivity index (χ2v) is 5.64. The highest BCUT2D eigenvalue weighted by Gasteiger charge is 2.16. The zero-order valence-electron chi connectivity index (χ0n) is 11.4. The lowest BCUT2D eigenvalue weighted by molar-refractivity contribution is -0.122. The van der Waals surface area contributed by atoms with E-state index in [4.69, 9.17) is 0 Å². The molecular formula is C14H27N3O. The molecule has 0 aromatic carbocycles. The zero-order valence-corrected chi connectivity index (χ0v) is 11.4. The molecule has 0 aromatic rings. The zero-order chi connectivity index (χ0) is 12.6. The third-order valence-corrected chi connectivity index (χ3v) is 4.02. The first-order valence-corrected chi connectivity index (χ1v) is 7.57. The number of nitrogens with one attached hydrogen (secondary N) is 2. The Labute approximate surface area is 110 Å². The Morgan fingerprint density at radius 3 is 2.50 bits per heavy atom. The van der Waals surface area contributed by atoms with Gasteiger partial charge in [-0.25, -0.2) is 0 Å². The average Bonchev–Trinajstić information content (AvgIpc) is 2.83. The maximum Gasteiger partial charge on any atom is 0.234 e. The van der Waals surface area contributed by atoms with Gasteiger partial charge < -0.3 is 10.6 Å². The summed E-state index contributed by atoms with van der Waals surface area (Å²) in [6.07, 6.45) is 8.95. The van der Waals surface area contributed by atoms with Gasteiger partial charge in [-0.05, 0) is 45.3 Å². The predicted molar refractivity (Wildman–Crippen MR) is 73.6 cm³/mol. The van der Waals surface area contributed by atoms with Gasteiger partial charge in [0.05, 0.1) is 6.54 Å². The van der Waals surface area contributed by atoms with Crippen molar-refractivity contribution >= 4 is 5.91 Å². The highest BCUT2D eigenvalue weighted by atomic mass is 16.2. The Hall–Kier alpha value is -0.610. The summed E-state index contributed by atoms with van der Waals surface area (Å²) >= 11 is 0. The molecule has 104 valence electrons. The fraction of sp³-hybridized carbons (Fsp3) is 0.929. The predicted octanol–water partition coefficient (Wildman–Crippen LogP) is 1.12. The first-order valence-electron chi connectivity index (χ1n) is 7.57. The summed E-state index contributed by atoms with van der Waals surface area (Å²) < 4.78 is 0. The van der Waals surface area contributed by atoms with E-state index < -0.39 is 0 Å². The Morgan fingerprint density at radius 1 is 1.11 bits per heavy atom. The molecule has 0 unspecified atom stereocenters. The van der Waals surface area contributed by atoms with Crippen molar-refractivity contribution in [3.8, 4) is 0 Å². The third-order valence-electron chi connectivity index (χ3n) is 4.02. The van der Waals surface area contributed by atoms with E-state index in [-0.39, 0.29) is 5.91 Å². The minimum Gasteiger partial charge on any atom is -0.353 e. The van der Waals surface area contributed by atoms with Crippen molar-refractivity contribution in [3.05, 3.63) is 0 Å². The first kappa shape index (κ1) is 13.8. The molecule has 0 spiro atoms. The summed E-state index contributed by atoms with van der Waals surface area (Å²) in [7, 11) is 0. The number of hydrogen-bond acceptors (Lipinski definition) is 3. The summed E-state index contributed by atoms with van der Waals surface area (Å²) in [5.74, 6) is 0.198. The number of amides is 1. The van der Waals surface area contributed by atoms with E-state index >= 15 is 0 Å². The molecule has 4 heteroatoms. The van der Waals surface area contributed by atoms with Crippen LogP contribution in [0, 0.1) is 0 Å². The van der Waals surface area contributed by atoms with Crippen molar-refractivity contribution in [2.45, 2.75) is 51.0 Å². The number of likely N-dealkylation sites (tertiary alicyclic amines) is 1. The molecule has 2 aliphatic rings. The third kappa shape index (κ3) is 4.94. The highest BCUT2D eigenvalue weighted by Crippen LogP contribution is 2.10. The Morgan fingerprint density at radius 2 is 1.83 bits per heavy atom. The lowest BCUT2D eigenvalue weighted by atomic mass is 10.1. The molecule has 2 heterocycles. The molecule has 2 rings (SSSR count). The quantitative estimate of drug-likeness (QED) is 0.789. The first-order chi connectivity index (χ1) is 8.84. The number of hydrogen-bond donors (Lipinski definition) is 2. The van der Waals surface area contributed by atoms with Crippen LogP contribution in [0.4, 0.5) is 0 Å². The van der Waals surface area contributed by atoms with Crippen LogP contribution < -0.4 is 10.6 Å². The maximum absolute atomic E-state index is 11.9. The van der Waals surface area contributed by atoms with Crippen molar-refractivity contribution in [2.24, 2.45) is 0 Å². The van der Waals surface area contributed by atoms with E-state index in [1.807, 2.05) is 0 Å². The second-order valence-electron chi connectivity index (χ2n) is 5.64. The molecule has 0 aliphatic carbocycles. The summed E-state index contributed by atoms with van der Waals surface area (Å²) in [6, 6.07) is 0.501.